The second-order valence-corrected chi connectivity index (χ2v) is 9.03. The van der Waals surface area contributed by atoms with Gasteiger partial charge in [0.2, 0.25) is 0 Å². The lowest BCUT2D eigenvalue weighted by Crippen LogP contribution is -2.00. The van der Waals surface area contributed by atoms with Gasteiger partial charge in [0.1, 0.15) is 11.3 Å². The average molecular weight is 418 g/mol. The van der Waals surface area contributed by atoms with E-state index in [1.807, 2.05) is 36.8 Å². The van der Waals surface area contributed by atoms with Gasteiger partial charge in [-0.3, -0.25) is 4.40 Å². The number of fused-ring (bicyclic) bond motifs is 3. The molecule has 2 aliphatic carbocycles. The molecule has 5 heteroatoms. The Hall–Kier alpha value is -3.73. The van der Waals surface area contributed by atoms with Crippen molar-refractivity contribution >= 4 is 27.9 Å². The van der Waals surface area contributed by atoms with Crippen molar-refractivity contribution in [2.24, 2.45) is 11.8 Å². The van der Waals surface area contributed by atoms with Crippen molar-refractivity contribution < 1.29 is 0 Å². The molecule has 0 bridgehead atoms. The zero-order chi connectivity index (χ0) is 21.1. The molecule has 2 unspecified atom stereocenters. The molecule has 0 amide bonds. The first-order valence-corrected chi connectivity index (χ1v) is 11.4. The fraction of sp³-hybridized carbons (Fsp3) is 0.222. The van der Waals surface area contributed by atoms with Crippen LogP contribution in [0.15, 0.2) is 79.3 Å². The third-order valence-electron chi connectivity index (χ3n) is 7.22. The number of benzene rings is 2. The Morgan fingerprint density at radius 3 is 2.62 bits per heavy atom. The van der Waals surface area contributed by atoms with E-state index in [1.165, 1.54) is 25.1 Å². The molecule has 2 aliphatic rings. The third-order valence-corrected chi connectivity index (χ3v) is 7.22. The monoisotopic (exact) mass is 417 g/mol. The van der Waals surface area contributed by atoms with E-state index in [-0.39, 0.29) is 0 Å². The molecule has 0 radical (unpaired) electrons. The van der Waals surface area contributed by atoms with Crippen LogP contribution in [0.3, 0.4) is 0 Å². The number of nitrogens with one attached hydrogen (secondary N) is 1. The molecule has 0 spiro atoms. The van der Waals surface area contributed by atoms with Gasteiger partial charge in [0.15, 0.2) is 5.82 Å². The minimum absolute atomic E-state index is 0.628. The van der Waals surface area contributed by atoms with Crippen LogP contribution >= 0.6 is 0 Å². The van der Waals surface area contributed by atoms with Gasteiger partial charge in [0.25, 0.3) is 0 Å². The lowest BCUT2D eigenvalue weighted by atomic mass is 10.1. The summed E-state index contributed by atoms with van der Waals surface area (Å²) in [6, 6.07) is 20.8. The van der Waals surface area contributed by atoms with Crippen LogP contribution < -0.4 is 5.32 Å². The Kier molecular flexibility index (Phi) is 3.85. The minimum atomic E-state index is 0.628. The third kappa shape index (κ3) is 2.81. The normalized spacial score (nSPS) is 21.7. The van der Waals surface area contributed by atoms with E-state index in [9.17, 15) is 0 Å². The molecule has 156 valence electrons. The standard InChI is InChI=1S/C27H23N5/c1-2-5-17(6-3-1)22-12-10-18-9-11-19(15-23(18)31-22)30-26-24-16-29-27(32(24)14-13-28-26)25-20-7-4-8-21(20)25/h1-3,5-6,9-16,20-21,25H,4,7-8H2,(H,28,30). The Bertz CT molecular complexity index is 1450. The van der Waals surface area contributed by atoms with Crippen molar-refractivity contribution in [2.45, 2.75) is 25.2 Å². The Labute approximate surface area is 186 Å². The second-order valence-electron chi connectivity index (χ2n) is 9.03. The van der Waals surface area contributed by atoms with Crippen LogP contribution in [-0.4, -0.2) is 19.4 Å². The van der Waals surface area contributed by atoms with E-state index in [0.29, 0.717) is 5.92 Å². The van der Waals surface area contributed by atoms with Gasteiger partial charge in [0.05, 0.1) is 17.4 Å². The summed E-state index contributed by atoms with van der Waals surface area (Å²) in [6.07, 6.45) is 9.97. The number of rotatable bonds is 4. The summed E-state index contributed by atoms with van der Waals surface area (Å²) in [5.41, 5.74) is 5.06. The van der Waals surface area contributed by atoms with Crippen molar-refractivity contribution in [1.29, 1.82) is 0 Å². The van der Waals surface area contributed by atoms with Gasteiger partial charge in [0, 0.05) is 34.9 Å². The highest BCUT2D eigenvalue weighted by Gasteiger charge is 2.55. The molecule has 32 heavy (non-hydrogen) atoms. The molecule has 3 aromatic heterocycles. The predicted molar refractivity (Wildman–Crippen MR) is 127 cm³/mol. The van der Waals surface area contributed by atoms with Crippen LogP contribution in [0, 0.1) is 11.8 Å². The van der Waals surface area contributed by atoms with E-state index in [2.05, 4.69) is 57.2 Å². The van der Waals surface area contributed by atoms with E-state index in [1.54, 1.807) is 0 Å². The fourth-order valence-electron chi connectivity index (χ4n) is 5.60. The van der Waals surface area contributed by atoms with Crippen LogP contribution in [-0.2, 0) is 0 Å². The summed E-state index contributed by atoms with van der Waals surface area (Å²) in [5, 5.41) is 4.63. The Balaban J connectivity index is 1.23. The Morgan fingerprint density at radius 2 is 1.75 bits per heavy atom. The van der Waals surface area contributed by atoms with Crippen molar-refractivity contribution in [3.05, 3.63) is 85.1 Å². The maximum Gasteiger partial charge on any atom is 0.156 e. The van der Waals surface area contributed by atoms with Gasteiger partial charge >= 0.3 is 0 Å². The highest BCUT2D eigenvalue weighted by molar-refractivity contribution is 5.86. The van der Waals surface area contributed by atoms with Crippen LogP contribution in [0.2, 0.25) is 0 Å². The molecule has 2 saturated carbocycles. The lowest BCUT2D eigenvalue weighted by molar-refractivity contribution is 0.656. The van der Waals surface area contributed by atoms with E-state index in [0.717, 1.165) is 51.0 Å². The number of imidazole rings is 1. The molecular formula is C27H23N5. The number of pyridine rings is 1. The highest BCUT2D eigenvalue weighted by atomic mass is 15.1. The highest BCUT2D eigenvalue weighted by Crippen LogP contribution is 2.62. The number of nitrogens with zero attached hydrogens (tertiary/aromatic N) is 4. The lowest BCUT2D eigenvalue weighted by Gasteiger charge is -2.10. The first kappa shape index (κ1) is 17.9. The van der Waals surface area contributed by atoms with Crippen LogP contribution in [0.5, 0.6) is 0 Å². The summed E-state index contributed by atoms with van der Waals surface area (Å²) in [4.78, 5) is 14.3. The Morgan fingerprint density at radius 1 is 0.906 bits per heavy atom. The largest absolute Gasteiger partial charge is 0.338 e. The van der Waals surface area contributed by atoms with Crippen molar-refractivity contribution in [3.8, 4) is 11.3 Å². The minimum Gasteiger partial charge on any atom is -0.338 e. The first-order chi connectivity index (χ1) is 15.8. The van der Waals surface area contributed by atoms with Gasteiger partial charge in [-0.25, -0.2) is 15.0 Å². The quantitative estimate of drug-likeness (QED) is 0.378. The summed E-state index contributed by atoms with van der Waals surface area (Å²) in [7, 11) is 0. The maximum absolute atomic E-state index is 4.90. The molecule has 7 rings (SSSR count). The SMILES string of the molecule is c1ccc(-c2ccc3ccc(Nc4nccn5c(C6C7CCCC76)ncc45)cc3n2)cc1. The first-order valence-electron chi connectivity index (χ1n) is 11.4. The molecule has 2 fully saturated rings. The van der Waals surface area contributed by atoms with E-state index < -0.39 is 0 Å². The molecule has 0 aliphatic heterocycles. The summed E-state index contributed by atoms with van der Waals surface area (Å²) in [6.45, 7) is 0. The van der Waals surface area contributed by atoms with Gasteiger partial charge in [-0.15, -0.1) is 0 Å². The number of anilines is 2. The van der Waals surface area contributed by atoms with Crippen molar-refractivity contribution in [3.63, 3.8) is 0 Å². The van der Waals surface area contributed by atoms with Gasteiger partial charge in [-0.1, -0.05) is 48.9 Å². The van der Waals surface area contributed by atoms with Gasteiger partial charge in [-0.2, -0.15) is 0 Å². The molecule has 5 nitrogen and oxygen atoms in total. The van der Waals surface area contributed by atoms with Crippen LogP contribution in [0.4, 0.5) is 11.5 Å². The average Bonchev–Trinajstić information content (AvgIpc) is 3.18. The van der Waals surface area contributed by atoms with Gasteiger partial charge in [-0.05, 0) is 42.9 Å². The number of aromatic nitrogens is 4. The topological polar surface area (TPSA) is 55.1 Å². The maximum atomic E-state index is 4.90. The smallest absolute Gasteiger partial charge is 0.156 e. The molecule has 1 N–H and O–H groups in total. The second kappa shape index (κ2) is 6.89. The molecule has 2 atom stereocenters. The zero-order valence-corrected chi connectivity index (χ0v) is 17.6. The van der Waals surface area contributed by atoms with E-state index in [4.69, 9.17) is 9.97 Å². The summed E-state index contributed by atoms with van der Waals surface area (Å²) >= 11 is 0. The molecular weight excluding hydrogens is 394 g/mol. The zero-order valence-electron chi connectivity index (χ0n) is 17.6. The number of hydrogen-bond acceptors (Lipinski definition) is 4. The number of hydrogen-bond donors (Lipinski definition) is 1. The predicted octanol–water partition coefficient (Wildman–Crippen LogP) is 6.20. The molecule has 0 saturated heterocycles. The van der Waals surface area contributed by atoms with Crippen molar-refractivity contribution in [1.82, 2.24) is 19.4 Å². The summed E-state index contributed by atoms with van der Waals surface area (Å²) in [5.74, 6) is 4.34. The molecule has 2 aromatic carbocycles. The molecule has 3 heterocycles. The van der Waals surface area contributed by atoms with Crippen LogP contribution in [0.1, 0.15) is 31.0 Å². The van der Waals surface area contributed by atoms with Crippen molar-refractivity contribution in [2.75, 3.05) is 5.32 Å². The van der Waals surface area contributed by atoms with Crippen LogP contribution in [0.25, 0.3) is 27.7 Å². The fourth-order valence-corrected chi connectivity index (χ4v) is 5.60. The van der Waals surface area contributed by atoms with E-state index >= 15 is 0 Å². The van der Waals surface area contributed by atoms with Gasteiger partial charge < -0.3 is 5.32 Å². The summed E-state index contributed by atoms with van der Waals surface area (Å²) < 4.78 is 2.23. The molecule has 5 aromatic rings.